The number of ether oxygens (including phenoxy) is 1. The maximum Gasteiger partial charge on any atom is 0.191 e. The first-order valence-electron chi connectivity index (χ1n) is 7.52. The topological polar surface area (TPSA) is 45.7 Å². The molecule has 1 aromatic carbocycles. The summed E-state index contributed by atoms with van der Waals surface area (Å²) in [5.74, 6) is 1.73. The Morgan fingerprint density at radius 3 is 2.27 bits per heavy atom. The lowest BCUT2D eigenvalue weighted by atomic mass is 9.91. The van der Waals surface area contributed by atoms with E-state index in [1.54, 1.807) is 14.2 Å². The van der Waals surface area contributed by atoms with Crippen LogP contribution in [0.25, 0.3) is 0 Å². The van der Waals surface area contributed by atoms with Gasteiger partial charge in [-0.2, -0.15) is 0 Å². The van der Waals surface area contributed by atoms with Crippen LogP contribution in [0.5, 0.6) is 5.75 Å². The predicted molar refractivity (Wildman–Crippen MR) is 105 cm³/mol. The zero-order valence-corrected chi connectivity index (χ0v) is 16.7. The number of guanidine groups is 1. The monoisotopic (exact) mass is 419 g/mol. The number of nitrogens with one attached hydrogen (secondary N) is 2. The third kappa shape index (κ3) is 9.12. The third-order valence-electron chi connectivity index (χ3n) is 3.24. The van der Waals surface area contributed by atoms with Gasteiger partial charge in [-0.15, -0.1) is 24.0 Å². The fraction of sp³-hybridized carbons (Fsp3) is 0.588. The van der Waals surface area contributed by atoms with E-state index in [9.17, 15) is 0 Å². The Balaban J connectivity index is 0.00000441. The number of aliphatic imine (C=N–C) groups is 1. The van der Waals surface area contributed by atoms with Gasteiger partial charge < -0.3 is 15.4 Å². The molecule has 4 nitrogen and oxygen atoms in total. The van der Waals surface area contributed by atoms with Gasteiger partial charge >= 0.3 is 0 Å². The summed E-state index contributed by atoms with van der Waals surface area (Å²) >= 11 is 0. The molecular weight excluding hydrogens is 389 g/mol. The van der Waals surface area contributed by atoms with Gasteiger partial charge in [0.25, 0.3) is 0 Å². The number of rotatable bonds is 6. The van der Waals surface area contributed by atoms with E-state index in [4.69, 9.17) is 4.74 Å². The van der Waals surface area contributed by atoms with Gasteiger partial charge in [-0.25, -0.2) is 0 Å². The predicted octanol–water partition coefficient (Wildman–Crippen LogP) is 3.80. The Morgan fingerprint density at radius 2 is 1.77 bits per heavy atom. The SMILES string of the molecule is CN=C(NCCCC(C)(C)C)NCc1ccc(OC)cc1.I. The molecule has 0 aliphatic heterocycles. The molecule has 0 aliphatic rings. The quantitative estimate of drug-likeness (QED) is 0.319. The number of methoxy groups -OCH3 is 1. The summed E-state index contributed by atoms with van der Waals surface area (Å²) in [7, 11) is 3.48. The zero-order chi connectivity index (χ0) is 15.7. The second kappa shape index (κ2) is 10.7. The lowest BCUT2D eigenvalue weighted by Crippen LogP contribution is -2.37. The van der Waals surface area contributed by atoms with Crippen molar-refractivity contribution in [2.75, 3.05) is 20.7 Å². The molecule has 126 valence electrons. The van der Waals surface area contributed by atoms with Gasteiger partial charge in [-0.05, 0) is 36.0 Å². The molecule has 0 bridgehead atoms. The average molecular weight is 419 g/mol. The Labute approximate surface area is 152 Å². The number of hydrogen-bond donors (Lipinski definition) is 2. The molecule has 0 unspecified atom stereocenters. The van der Waals surface area contributed by atoms with Crippen LogP contribution < -0.4 is 15.4 Å². The summed E-state index contributed by atoms with van der Waals surface area (Å²) in [6.07, 6.45) is 2.35. The van der Waals surface area contributed by atoms with E-state index < -0.39 is 0 Å². The van der Waals surface area contributed by atoms with Crippen molar-refractivity contribution in [2.24, 2.45) is 10.4 Å². The lowest BCUT2D eigenvalue weighted by molar-refractivity contribution is 0.365. The molecule has 0 atom stereocenters. The van der Waals surface area contributed by atoms with E-state index in [1.165, 1.54) is 12.0 Å². The Kier molecular flexibility index (Phi) is 10.2. The van der Waals surface area contributed by atoms with Crippen LogP contribution in [0.3, 0.4) is 0 Å². The molecule has 1 rings (SSSR count). The fourth-order valence-corrected chi connectivity index (χ4v) is 1.98. The Bertz CT molecular complexity index is 438. The second-order valence-corrected chi connectivity index (χ2v) is 6.36. The van der Waals surface area contributed by atoms with Gasteiger partial charge in [0.15, 0.2) is 5.96 Å². The van der Waals surface area contributed by atoms with Gasteiger partial charge in [0.05, 0.1) is 7.11 Å². The summed E-state index contributed by atoms with van der Waals surface area (Å²) in [5, 5.41) is 6.67. The fourth-order valence-electron chi connectivity index (χ4n) is 1.98. The standard InChI is InChI=1S/C17H29N3O.HI/c1-17(2,3)11-6-12-19-16(18-4)20-13-14-7-9-15(21-5)10-8-14;/h7-10H,6,11-13H2,1-5H3,(H2,18,19,20);1H. The molecule has 0 saturated heterocycles. The van der Waals surface area contributed by atoms with Gasteiger partial charge in [0.2, 0.25) is 0 Å². The van der Waals surface area contributed by atoms with Gasteiger partial charge in [-0.1, -0.05) is 32.9 Å². The lowest BCUT2D eigenvalue weighted by Gasteiger charge is -2.18. The summed E-state index contributed by atoms with van der Waals surface area (Å²) in [6, 6.07) is 8.05. The number of halogens is 1. The highest BCUT2D eigenvalue weighted by molar-refractivity contribution is 14.0. The van der Waals surface area contributed by atoms with Crippen molar-refractivity contribution in [3.63, 3.8) is 0 Å². The maximum absolute atomic E-state index is 5.15. The van der Waals surface area contributed by atoms with E-state index in [-0.39, 0.29) is 24.0 Å². The van der Waals surface area contributed by atoms with E-state index in [0.29, 0.717) is 5.41 Å². The summed E-state index contributed by atoms with van der Waals surface area (Å²) in [5.41, 5.74) is 1.59. The largest absolute Gasteiger partial charge is 0.497 e. The average Bonchev–Trinajstić information content (AvgIpc) is 2.46. The summed E-state index contributed by atoms with van der Waals surface area (Å²) in [6.45, 7) is 8.50. The molecule has 1 aromatic rings. The maximum atomic E-state index is 5.15. The van der Waals surface area contributed by atoms with E-state index in [2.05, 4.69) is 48.5 Å². The molecule has 0 fully saturated rings. The summed E-state index contributed by atoms with van der Waals surface area (Å²) in [4.78, 5) is 4.24. The molecule has 22 heavy (non-hydrogen) atoms. The van der Waals surface area contributed by atoms with Crippen LogP contribution in [0, 0.1) is 5.41 Å². The van der Waals surface area contributed by atoms with Crippen LogP contribution in [0.4, 0.5) is 0 Å². The molecule has 5 heteroatoms. The highest BCUT2D eigenvalue weighted by Crippen LogP contribution is 2.19. The van der Waals surface area contributed by atoms with E-state index in [1.807, 2.05) is 12.1 Å². The Hall–Kier alpha value is -0.980. The number of hydrogen-bond acceptors (Lipinski definition) is 2. The van der Waals surface area contributed by atoms with Crippen LogP contribution in [0.1, 0.15) is 39.2 Å². The third-order valence-corrected chi connectivity index (χ3v) is 3.24. The first-order chi connectivity index (χ1) is 9.94. The number of nitrogens with zero attached hydrogens (tertiary/aromatic N) is 1. The highest BCUT2D eigenvalue weighted by atomic mass is 127. The van der Waals surface area contributed by atoms with Crippen molar-refractivity contribution >= 4 is 29.9 Å². The number of benzene rings is 1. The van der Waals surface area contributed by atoms with Crippen molar-refractivity contribution in [2.45, 2.75) is 40.2 Å². The van der Waals surface area contributed by atoms with Crippen molar-refractivity contribution in [1.82, 2.24) is 10.6 Å². The van der Waals surface area contributed by atoms with Crippen molar-refractivity contribution in [1.29, 1.82) is 0 Å². The van der Waals surface area contributed by atoms with Crippen LogP contribution in [0.2, 0.25) is 0 Å². The Morgan fingerprint density at radius 1 is 1.14 bits per heavy atom. The second-order valence-electron chi connectivity index (χ2n) is 6.36. The van der Waals surface area contributed by atoms with Crippen LogP contribution in [-0.4, -0.2) is 26.7 Å². The van der Waals surface area contributed by atoms with Crippen LogP contribution in [-0.2, 0) is 6.54 Å². The molecular formula is C17H30IN3O. The van der Waals surface area contributed by atoms with Gasteiger partial charge in [-0.3, -0.25) is 4.99 Å². The van der Waals surface area contributed by atoms with Crippen molar-refractivity contribution in [3.05, 3.63) is 29.8 Å². The molecule has 0 aliphatic carbocycles. The van der Waals surface area contributed by atoms with E-state index in [0.717, 1.165) is 31.2 Å². The minimum Gasteiger partial charge on any atom is -0.497 e. The molecule has 0 spiro atoms. The molecule has 0 aromatic heterocycles. The van der Waals surface area contributed by atoms with Crippen molar-refractivity contribution in [3.8, 4) is 5.75 Å². The van der Waals surface area contributed by atoms with Crippen molar-refractivity contribution < 1.29 is 4.74 Å². The normalized spacial score (nSPS) is 11.6. The first kappa shape index (κ1) is 21.0. The van der Waals surface area contributed by atoms with Gasteiger partial charge in [0.1, 0.15) is 5.75 Å². The molecule has 0 amide bonds. The van der Waals surface area contributed by atoms with Gasteiger partial charge in [0, 0.05) is 20.1 Å². The van der Waals surface area contributed by atoms with E-state index >= 15 is 0 Å². The minimum absolute atomic E-state index is 0. The first-order valence-corrected chi connectivity index (χ1v) is 7.52. The summed E-state index contributed by atoms with van der Waals surface area (Å²) < 4.78 is 5.15. The molecule has 0 radical (unpaired) electrons. The molecule has 2 N–H and O–H groups in total. The van der Waals surface area contributed by atoms with Crippen LogP contribution >= 0.6 is 24.0 Å². The molecule has 0 heterocycles. The smallest absolute Gasteiger partial charge is 0.191 e. The zero-order valence-electron chi connectivity index (χ0n) is 14.4. The highest BCUT2D eigenvalue weighted by Gasteiger charge is 2.09. The molecule has 0 saturated carbocycles. The van der Waals surface area contributed by atoms with Crippen LogP contribution in [0.15, 0.2) is 29.3 Å². The minimum atomic E-state index is 0.